The summed E-state index contributed by atoms with van der Waals surface area (Å²) in [7, 11) is 0. The molecule has 3 aromatic carbocycles. The molecular weight excluding hydrogens is 428 g/mol. The van der Waals surface area contributed by atoms with Crippen molar-refractivity contribution in [3.63, 3.8) is 0 Å². The summed E-state index contributed by atoms with van der Waals surface area (Å²) in [5.74, 6) is 1.49. The smallest absolute Gasteiger partial charge is 0.210 e. The van der Waals surface area contributed by atoms with Crippen LogP contribution >= 0.6 is 22.9 Å². The Balaban J connectivity index is 1.76. The summed E-state index contributed by atoms with van der Waals surface area (Å²) in [6.07, 6.45) is 0. The second kappa shape index (κ2) is 8.17. The number of hydrogen-bond acceptors (Lipinski definition) is 5. The molecule has 154 valence electrons. The molecule has 5 aromatic rings. The van der Waals surface area contributed by atoms with Crippen LogP contribution < -0.4 is 10.1 Å². The van der Waals surface area contributed by atoms with E-state index in [-0.39, 0.29) is 0 Å². The summed E-state index contributed by atoms with van der Waals surface area (Å²) in [6.45, 7) is 4.62. The molecule has 5 rings (SSSR count). The van der Waals surface area contributed by atoms with Crippen LogP contribution in [0.25, 0.3) is 32.5 Å². The Bertz CT molecular complexity index is 1470. The molecular formula is C25H19ClN2O2S. The van der Waals surface area contributed by atoms with E-state index < -0.39 is 0 Å². The molecule has 0 saturated carbocycles. The normalized spacial score (nSPS) is 12.0. The van der Waals surface area contributed by atoms with Crippen molar-refractivity contribution in [3.05, 3.63) is 82.7 Å². The Kier molecular flexibility index (Phi) is 5.22. The Labute approximate surface area is 188 Å². The summed E-state index contributed by atoms with van der Waals surface area (Å²) in [5, 5.41) is 3.05. The second-order valence-electron chi connectivity index (χ2n) is 7.12. The van der Waals surface area contributed by atoms with Crippen LogP contribution in [0.3, 0.4) is 0 Å². The number of aryl methyl sites for hydroxylation is 1. The number of nitrogens with zero attached hydrogens (tertiary/aromatic N) is 2. The van der Waals surface area contributed by atoms with Crippen LogP contribution in [0.1, 0.15) is 12.5 Å². The number of thiazole rings is 1. The zero-order valence-corrected chi connectivity index (χ0v) is 18.6. The first-order chi connectivity index (χ1) is 15.1. The quantitative estimate of drug-likeness (QED) is 0.291. The third-order valence-electron chi connectivity index (χ3n) is 4.98. The van der Waals surface area contributed by atoms with Gasteiger partial charge in [-0.15, -0.1) is 0 Å². The Morgan fingerprint density at radius 3 is 2.68 bits per heavy atom. The first kappa shape index (κ1) is 19.8. The monoisotopic (exact) mass is 446 g/mol. The number of ether oxygens (including phenoxy) is 1. The molecule has 0 spiro atoms. The molecule has 6 heteroatoms. The first-order valence-electron chi connectivity index (χ1n) is 9.98. The van der Waals surface area contributed by atoms with Crippen LogP contribution in [0.5, 0.6) is 5.75 Å². The van der Waals surface area contributed by atoms with Gasteiger partial charge in [-0.05, 0) is 67.9 Å². The van der Waals surface area contributed by atoms with Gasteiger partial charge in [-0.2, -0.15) is 0 Å². The van der Waals surface area contributed by atoms with E-state index in [1.807, 2.05) is 61.5 Å². The molecule has 0 unspecified atom stereocenters. The average Bonchev–Trinajstić information content (AvgIpc) is 3.19. The SMILES string of the molecule is CCOc1ccc2oc(-c3ccc(Cl)cc3)c/c(=N\c3nc4c(C)cccc4s3)c2c1. The van der Waals surface area contributed by atoms with Gasteiger partial charge >= 0.3 is 0 Å². The maximum Gasteiger partial charge on any atom is 0.210 e. The van der Waals surface area contributed by atoms with Gasteiger partial charge in [-0.1, -0.05) is 35.1 Å². The van der Waals surface area contributed by atoms with Gasteiger partial charge in [-0.3, -0.25) is 0 Å². The largest absolute Gasteiger partial charge is 0.494 e. The number of fused-ring (bicyclic) bond motifs is 2. The molecule has 0 aliphatic carbocycles. The van der Waals surface area contributed by atoms with E-state index in [0.717, 1.165) is 43.4 Å². The fourth-order valence-electron chi connectivity index (χ4n) is 3.48. The highest BCUT2D eigenvalue weighted by Crippen LogP contribution is 2.31. The number of benzene rings is 3. The van der Waals surface area contributed by atoms with Gasteiger partial charge in [0.1, 0.15) is 17.1 Å². The number of hydrogen-bond donors (Lipinski definition) is 0. The minimum atomic E-state index is 0.592. The fraction of sp³-hybridized carbons (Fsp3) is 0.120. The molecule has 2 aromatic heterocycles. The molecule has 0 fully saturated rings. The lowest BCUT2D eigenvalue weighted by atomic mass is 10.1. The molecule has 0 aliphatic heterocycles. The van der Waals surface area contributed by atoms with E-state index in [0.29, 0.717) is 22.5 Å². The van der Waals surface area contributed by atoms with Gasteiger partial charge < -0.3 is 9.15 Å². The van der Waals surface area contributed by atoms with Crippen LogP contribution in [-0.4, -0.2) is 11.6 Å². The van der Waals surface area contributed by atoms with Gasteiger partial charge in [-0.25, -0.2) is 9.98 Å². The third-order valence-corrected chi connectivity index (χ3v) is 6.15. The summed E-state index contributed by atoms with van der Waals surface area (Å²) in [6, 6.07) is 21.5. The zero-order chi connectivity index (χ0) is 21.4. The maximum atomic E-state index is 6.20. The van der Waals surface area contributed by atoms with Crippen LogP contribution in [0.2, 0.25) is 5.02 Å². The van der Waals surface area contributed by atoms with Gasteiger partial charge in [0.25, 0.3) is 0 Å². The van der Waals surface area contributed by atoms with Crippen molar-refractivity contribution in [3.8, 4) is 17.1 Å². The number of aromatic nitrogens is 1. The van der Waals surface area contributed by atoms with Crippen molar-refractivity contribution in [2.75, 3.05) is 6.61 Å². The maximum absolute atomic E-state index is 6.20. The lowest BCUT2D eigenvalue weighted by Crippen LogP contribution is -2.04. The van der Waals surface area contributed by atoms with Crippen LogP contribution in [0, 0.1) is 6.92 Å². The van der Waals surface area contributed by atoms with E-state index in [4.69, 9.17) is 30.7 Å². The fourth-order valence-corrected chi connectivity index (χ4v) is 4.53. The summed E-state index contributed by atoms with van der Waals surface area (Å²) in [5.41, 5.74) is 3.79. The Morgan fingerprint density at radius 2 is 1.90 bits per heavy atom. The van der Waals surface area contributed by atoms with Crippen LogP contribution in [0.15, 0.2) is 76.1 Å². The number of rotatable bonds is 4. The van der Waals surface area contributed by atoms with Crippen LogP contribution in [0.4, 0.5) is 5.13 Å². The van der Waals surface area contributed by atoms with E-state index in [2.05, 4.69) is 19.1 Å². The lowest BCUT2D eigenvalue weighted by Gasteiger charge is -2.07. The molecule has 2 heterocycles. The minimum absolute atomic E-state index is 0.592. The highest BCUT2D eigenvalue weighted by atomic mass is 35.5. The summed E-state index contributed by atoms with van der Waals surface area (Å²) in [4.78, 5) is 9.68. The predicted octanol–water partition coefficient (Wildman–Crippen LogP) is 7.30. The topological polar surface area (TPSA) is 47.6 Å². The van der Waals surface area contributed by atoms with Crippen LogP contribution in [-0.2, 0) is 0 Å². The summed E-state index contributed by atoms with van der Waals surface area (Å²) >= 11 is 7.64. The van der Waals surface area contributed by atoms with E-state index >= 15 is 0 Å². The van der Waals surface area contributed by atoms with Gasteiger partial charge in [0.05, 0.1) is 22.2 Å². The van der Waals surface area contributed by atoms with Crippen molar-refractivity contribution >= 4 is 49.3 Å². The van der Waals surface area contributed by atoms with E-state index in [9.17, 15) is 0 Å². The van der Waals surface area contributed by atoms with Crippen molar-refractivity contribution in [1.29, 1.82) is 0 Å². The third kappa shape index (κ3) is 3.94. The van der Waals surface area contributed by atoms with Crippen molar-refractivity contribution in [2.24, 2.45) is 4.99 Å². The molecule has 0 N–H and O–H groups in total. The molecule has 0 aliphatic rings. The van der Waals surface area contributed by atoms with Crippen molar-refractivity contribution < 1.29 is 9.15 Å². The van der Waals surface area contributed by atoms with Gasteiger partial charge in [0.2, 0.25) is 5.13 Å². The predicted molar refractivity (Wildman–Crippen MR) is 127 cm³/mol. The molecule has 4 nitrogen and oxygen atoms in total. The number of para-hydroxylation sites is 1. The molecule has 0 saturated heterocycles. The van der Waals surface area contributed by atoms with E-state index in [1.54, 1.807) is 11.3 Å². The summed E-state index contributed by atoms with van der Waals surface area (Å²) < 4.78 is 13.0. The highest BCUT2D eigenvalue weighted by Gasteiger charge is 2.10. The Hall–Kier alpha value is -3.15. The average molecular weight is 447 g/mol. The lowest BCUT2D eigenvalue weighted by molar-refractivity contribution is 0.340. The zero-order valence-electron chi connectivity index (χ0n) is 17.1. The van der Waals surface area contributed by atoms with Gasteiger partial charge in [0.15, 0.2) is 0 Å². The first-order valence-corrected chi connectivity index (χ1v) is 11.2. The van der Waals surface area contributed by atoms with E-state index in [1.165, 1.54) is 0 Å². The molecule has 0 radical (unpaired) electrons. The number of halogens is 1. The van der Waals surface area contributed by atoms with Gasteiger partial charge in [0, 0.05) is 22.0 Å². The molecule has 31 heavy (non-hydrogen) atoms. The minimum Gasteiger partial charge on any atom is -0.494 e. The Morgan fingerprint density at radius 1 is 1.06 bits per heavy atom. The molecule has 0 bridgehead atoms. The van der Waals surface area contributed by atoms with Crippen molar-refractivity contribution in [2.45, 2.75) is 13.8 Å². The standard InChI is InChI=1S/C25H19ClN2O2S/c1-3-29-18-11-12-21-19(13-18)20(14-22(30-21)16-7-9-17(26)10-8-16)27-25-28-24-15(2)5-4-6-23(24)31-25/h4-14H,3H2,1-2H3/b27-20+. The molecule has 0 amide bonds. The van der Waals surface area contributed by atoms with Crippen molar-refractivity contribution in [1.82, 2.24) is 4.98 Å². The molecule has 0 atom stereocenters. The second-order valence-corrected chi connectivity index (χ2v) is 8.57. The highest BCUT2D eigenvalue weighted by molar-refractivity contribution is 7.21.